The van der Waals surface area contributed by atoms with Crippen molar-refractivity contribution in [3.63, 3.8) is 0 Å². The molecule has 14 heavy (non-hydrogen) atoms. The number of amides is 2. The van der Waals surface area contributed by atoms with Gasteiger partial charge in [0.25, 0.3) is 5.91 Å². The summed E-state index contributed by atoms with van der Waals surface area (Å²) >= 11 is 0. The molecule has 2 amide bonds. The summed E-state index contributed by atoms with van der Waals surface area (Å²) in [6.45, 7) is 8.39. The topological polar surface area (TPSA) is 67.4 Å². The number of hydrogen-bond donors (Lipinski definition) is 2. The third-order valence-electron chi connectivity index (χ3n) is 1.27. The zero-order chi connectivity index (χ0) is 11.4. The highest BCUT2D eigenvalue weighted by atomic mass is 16.7. The van der Waals surface area contributed by atoms with Gasteiger partial charge in [-0.05, 0) is 27.7 Å². The lowest BCUT2D eigenvalue weighted by Gasteiger charge is -2.20. The highest BCUT2D eigenvalue weighted by Crippen LogP contribution is 2.03. The molecule has 1 unspecified atom stereocenters. The van der Waals surface area contributed by atoms with Gasteiger partial charge >= 0.3 is 0 Å². The fraction of sp³-hybridized carbons (Fsp3) is 0.778. The molecular weight excluding hydrogens is 184 g/mol. The molecule has 0 radical (unpaired) electrons. The van der Waals surface area contributed by atoms with Crippen LogP contribution in [-0.4, -0.2) is 23.5 Å². The first-order valence-electron chi connectivity index (χ1n) is 4.47. The second-order valence-electron chi connectivity index (χ2n) is 4.10. The van der Waals surface area contributed by atoms with Gasteiger partial charge in [0.05, 0.1) is 5.60 Å². The highest BCUT2D eigenvalue weighted by Gasteiger charge is 2.17. The third kappa shape index (κ3) is 6.42. The van der Waals surface area contributed by atoms with Crippen molar-refractivity contribution in [2.45, 2.75) is 46.3 Å². The molecule has 2 N–H and O–H groups in total. The Hall–Kier alpha value is -1.10. The van der Waals surface area contributed by atoms with Gasteiger partial charge in [-0.1, -0.05) is 0 Å². The summed E-state index contributed by atoms with van der Waals surface area (Å²) in [5.74, 6) is -0.612. The number of nitrogens with one attached hydrogen (secondary N) is 2. The molecule has 0 aromatic heterocycles. The zero-order valence-electron chi connectivity index (χ0n) is 9.30. The predicted octanol–water partition coefficient (Wildman–Crippen LogP) is 0.357. The van der Waals surface area contributed by atoms with Crippen molar-refractivity contribution in [3.05, 3.63) is 0 Å². The number of carbonyl (C=O) groups is 2. The maximum atomic E-state index is 11.3. The van der Waals surface area contributed by atoms with E-state index < -0.39 is 11.6 Å². The average Bonchev–Trinajstić information content (AvgIpc) is 1.97. The van der Waals surface area contributed by atoms with Gasteiger partial charge in [0.2, 0.25) is 5.91 Å². The van der Waals surface area contributed by atoms with E-state index >= 15 is 0 Å². The lowest BCUT2D eigenvalue weighted by Crippen LogP contribution is -2.46. The minimum Gasteiger partial charge on any atom is -0.345 e. The van der Waals surface area contributed by atoms with Crippen LogP contribution in [0.5, 0.6) is 0 Å². The van der Waals surface area contributed by atoms with Crippen molar-refractivity contribution >= 4 is 11.8 Å². The van der Waals surface area contributed by atoms with E-state index in [1.54, 1.807) is 6.92 Å². The zero-order valence-corrected chi connectivity index (χ0v) is 9.30. The van der Waals surface area contributed by atoms with E-state index in [1.807, 2.05) is 20.8 Å². The van der Waals surface area contributed by atoms with Crippen molar-refractivity contribution in [1.29, 1.82) is 0 Å². The standard InChI is InChI=1S/C9H18N2O3/c1-6(10-7(2)12)8(13)11-14-9(3,4)5/h6H,1-5H3,(H,10,12)(H,11,13). The van der Waals surface area contributed by atoms with Crippen molar-refractivity contribution < 1.29 is 14.4 Å². The molecular formula is C9H18N2O3. The molecule has 0 saturated carbocycles. The maximum Gasteiger partial charge on any atom is 0.265 e. The molecule has 0 aromatic carbocycles. The summed E-state index contributed by atoms with van der Waals surface area (Å²) in [5.41, 5.74) is 1.84. The van der Waals surface area contributed by atoms with Crippen molar-refractivity contribution in [2.75, 3.05) is 0 Å². The van der Waals surface area contributed by atoms with Gasteiger partial charge in [0.15, 0.2) is 0 Å². The summed E-state index contributed by atoms with van der Waals surface area (Å²) in [5, 5.41) is 2.45. The monoisotopic (exact) mass is 202 g/mol. The van der Waals surface area contributed by atoms with E-state index in [0.717, 1.165) is 0 Å². The average molecular weight is 202 g/mol. The molecule has 0 fully saturated rings. The van der Waals surface area contributed by atoms with E-state index in [0.29, 0.717) is 0 Å². The van der Waals surface area contributed by atoms with Crippen LogP contribution in [0.3, 0.4) is 0 Å². The van der Waals surface area contributed by atoms with E-state index in [9.17, 15) is 9.59 Å². The number of rotatable bonds is 3. The fourth-order valence-electron chi connectivity index (χ4n) is 0.662. The van der Waals surface area contributed by atoms with Crippen LogP contribution in [-0.2, 0) is 14.4 Å². The minimum absolute atomic E-state index is 0.247. The van der Waals surface area contributed by atoms with Gasteiger partial charge < -0.3 is 5.32 Å². The van der Waals surface area contributed by atoms with Crippen LogP contribution in [0.15, 0.2) is 0 Å². The highest BCUT2D eigenvalue weighted by molar-refractivity contribution is 5.85. The van der Waals surface area contributed by atoms with Crippen LogP contribution in [0.25, 0.3) is 0 Å². The smallest absolute Gasteiger partial charge is 0.265 e. The van der Waals surface area contributed by atoms with Crippen LogP contribution in [0.4, 0.5) is 0 Å². The molecule has 1 atom stereocenters. The lowest BCUT2D eigenvalue weighted by molar-refractivity contribution is -0.148. The minimum atomic E-state index is -0.588. The molecule has 0 aromatic rings. The Morgan fingerprint density at radius 2 is 1.79 bits per heavy atom. The van der Waals surface area contributed by atoms with Gasteiger partial charge in [0, 0.05) is 6.92 Å². The quantitative estimate of drug-likeness (QED) is 0.649. The molecule has 0 saturated heterocycles. The van der Waals surface area contributed by atoms with Crippen LogP contribution in [0.2, 0.25) is 0 Å². The van der Waals surface area contributed by atoms with Crippen LogP contribution >= 0.6 is 0 Å². The molecule has 82 valence electrons. The maximum absolute atomic E-state index is 11.3. The van der Waals surface area contributed by atoms with E-state index in [1.165, 1.54) is 6.92 Å². The summed E-state index contributed by atoms with van der Waals surface area (Å²) in [4.78, 5) is 26.9. The first-order chi connectivity index (χ1) is 6.22. The van der Waals surface area contributed by atoms with Crippen molar-refractivity contribution in [3.8, 4) is 0 Å². The van der Waals surface area contributed by atoms with Crippen LogP contribution in [0.1, 0.15) is 34.6 Å². The van der Waals surface area contributed by atoms with Crippen molar-refractivity contribution in [2.24, 2.45) is 0 Å². The van der Waals surface area contributed by atoms with Gasteiger partial charge in [-0.3, -0.25) is 14.4 Å². The summed E-state index contributed by atoms with van der Waals surface area (Å²) in [6.07, 6.45) is 0. The van der Waals surface area contributed by atoms with Gasteiger partial charge in [0.1, 0.15) is 6.04 Å². The molecule has 0 rings (SSSR count). The number of carbonyl (C=O) groups excluding carboxylic acids is 2. The predicted molar refractivity (Wildman–Crippen MR) is 52.3 cm³/mol. The van der Waals surface area contributed by atoms with Gasteiger partial charge in [-0.2, -0.15) is 0 Å². The molecule has 0 heterocycles. The number of hydrogen-bond acceptors (Lipinski definition) is 3. The molecule has 5 heteroatoms. The third-order valence-corrected chi connectivity index (χ3v) is 1.27. The molecule has 0 aliphatic carbocycles. The van der Waals surface area contributed by atoms with Crippen LogP contribution < -0.4 is 10.8 Å². The molecule has 0 aliphatic heterocycles. The molecule has 0 aliphatic rings. The molecule has 0 spiro atoms. The molecule has 0 bridgehead atoms. The lowest BCUT2D eigenvalue weighted by atomic mass is 10.2. The summed E-state index contributed by atoms with van der Waals surface area (Å²) in [7, 11) is 0. The first kappa shape index (κ1) is 12.9. The fourth-order valence-corrected chi connectivity index (χ4v) is 0.662. The Morgan fingerprint density at radius 3 is 2.14 bits per heavy atom. The Bertz CT molecular complexity index is 221. The second kappa shape index (κ2) is 4.95. The number of hydroxylamine groups is 1. The molecule has 5 nitrogen and oxygen atoms in total. The summed E-state index contributed by atoms with van der Waals surface area (Å²) < 4.78 is 0. The first-order valence-corrected chi connectivity index (χ1v) is 4.47. The SMILES string of the molecule is CC(=O)NC(C)C(=O)NOC(C)(C)C. The van der Waals surface area contributed by atoms with E-state index in [-0.39, 0.29) is 11.8 Å². The Balaban J connectivity index is 3.91. The Labute approximate surface area is 84.1 Å². The largest absolute Gasteiger partial charge is 0.345 e. The van der Waals surface area contributed by atoms with E-state index in [4.69, 9.17) is 4.84 Å². The van der Waals surface area contributed by atoms with E-state index in [2.05, 4.69) is 10.8 Å². The van der Waals surface area contributed by atoms with Gasteiger partial charge in [-0.25, -0.2) is 5.48 Å². The van der Waals surface area contributed by atoms with Crippen LogP contribution in [0, 0.1) is 0 Å². The second-order valence-corrected chi connectivity index (χ2v) is 4.10. The Kier molecular flexibility index (Phi) is 4.56. The normalized spacial score (nSPS) is 13.2. The Morgan fingerprint density at radius 1 is 1.29 bits per heavy atom. The summed E-state index contributed by atoms with van der Waals surface area (Å²) in [6, 6.07) is -0.588. The van der Waals surface area contributed by atoms with Crippen molar-refractivity contribution in [1.82, 2.24) is 10.8 Å². The van der Waals surface area contributed by atoms with Gasteiger partial charge in [-0.15, -0.1) is 0 Å².